The van der Waals surface area contributed by atoms with Gasteiger partial charge in [-0.05, 0) is 74.2 Å². The Kier molecular flexibility index (Phi) is 7.27. The first-order valence-corrected chi connectivity index (χ1v) is 13.9. The van der Waals surface area contributed by atoms with Crippen LogP contribution in [0.3, 0.4) is 0 Å². The van der Waals surface area contributed by atoms with Crippen LogP contribution in [-0.2, 0) is 21.4 Å². The van der Waals surface area contributed by atoms with Crippen molar-refractivity contribution in [3.05, 3.63) is 71.8 Å². The Bertz CT molecular complexity index is 1680. The fourth-order valence-electron chi connectivity index (χ4n) is 4.58. The summed E-state index contributed by atoms with van der Waals surface area (Å²) in [5.41, 5.74) is 2.55. The molecule has 0 N–H and O–H groups in total. The minimum atomic E-state index is -5.24. The number of nitrogens with zero attached hydrogens (tertiary/aromatic N) is 4. The largest absolute Gasteiger partial charge is 0.493 e. The number of carbonyl (C=O) groups excluding carboxylic acids is 1. The third-order valence-electron chi connectivity index (χ3n) is 6.56. The van der Waals surface area contributed by atoms with Gasteiger partial charge in [0.1, 0.15) is 12.4 Å². The molecule has 1 saturated heterocycles. The minimum absolute atomic E-state index is 0.0405. The van der Waals surface area contributed by atoms with E-state index in [9.17, 15) is 26.4 Å². The monoisotopic (exact) mass is 574 g/mol. The maximum Gasteiger partial charge on any atom is 0.493 e. The van der Waals surface area contributed by atoms with E-state index >= 15 is 0 Å². The molecule has 3 aromatic heterocycles. The number of aryl methyl sites for hydroxylation is 2. The number of halogens is 3. The predicted octanol–water partition coefficient (Wildman–Crippen LogP) is 4.60. The number of carbonyl (C=O) groups is 1. The third kappa shape index (κ3) is 5.39. The number of fused-ring (bicyclic) bond motifs is 1. The standard InChI is InChI=1S/C27H25F3N4O5S/c1-17-5-10-24(18(2)32-17)38-16-20-15-23-22(11-12-31-25(23)34(20)39-26(35)27(28,29)30)19-6-8-21(9-7-19)40(36,37)33-13-3-4-14-33/h5-12,15H,3-4,13-14,16H2,1-2H3. The van der Waals surface area contributed by atoms with Crippen LogP contribution in [-0.4, -0.2) is 52.7 Å². The number of hydrogen-bond acceptors (Lipinski definition) is 7. The highest BCUT2D eigenvalue weighted by atomic mass is 32.2. The van der Waals surface area contributed by atoms with Gasteiger partial charge in [-0.3, -0.25) is 4.98 Å². The zero-order valence-electron chi connectivity index (χ0n) is 21.6. The number of rotatable bonds is 7. The van der Waals surface area contributed by atoms with E-state index in [0.29, 0.717) is 45.8 Å². The number of sulfonamides is 1. The second-order valence-corrected chi connectivity index (χ2v) is 11.3. The predicted molar refractivity (Wildman–Crippen MR) is 139 cm³/mol. The fourth-order valence-corrected chi connectivity index (χ4v) is 6.10. The molecule has 0 amide bonds. The molecule has 0 unspecified atom stereocenters. The van der Waals surface area contributed by atoms with Gasteiger partial charge >= 0.3 is 12.1 Å². The lowest BCUT2D eigenvalue weighted by atomic mass is 10.0. The van der Waals surface area contributed by atoms with Crippen molar-refractivity contribution in [2.75, 3.05) is 13.1 Å². The molecule has 4 aromatic rings. The maximum absolute atomic E-state index is 13.1. The molecule has 0 radical (unpaired) electrons. The van der Waals surface area contributed by atoms with Crippen LogP contribution >= 0.6 is 0 Å². The van der Waals surface area contributed by atoms with Crippen LogP contribution in [0, 0.1) is 13.8 Å². The van der Waals surface area contributed by atoms with E-state index in [1.807, 2.05) is 6.92 Å². The van der Waals surface area contributed by atoms with Gasteiger partial charge in [-0.25, -0.2) is 18.2 Å². The average molecular weight is 575 g/mol. The summed E-state index contributed by atoms with van der Waals surface area (Å²) in [5.74, 6) is -2.00. The van der Waals surface area contributed by atoms with Gasteiger partial charge in [-0.2, -0.15) is 22.2 Å². The third-order valence-corrected chi connectivity index (χ3v) is 8.47. The van der Waals surface area contributed by atoms with Crippen LogP contribution in [0.15, 0.2) is 59.6 Å². The molecule has 0 saturated carbocycles. The van der Waals surface area contributed by atoms with E-state index in [2.05, 4.69) is 9.97 Å². The lowest BCUT2D eigenvalue weighted by Gasteiger charge is -2.15. The second kappa shape index (κ2) is 10.5. The van der Waals surface area contributed by atoms with Gasteiger partial charge in [-0.1, -0.05) is 12.1 Å². The van der Waals surface area contributed by atoms with Crippen LogP contribution in [0.1, 0.15) is 29.9 Å². The number of ether oxygens (including phenoxy) is 1. The van der Waals surface area contributed by atoms with Crippen molar-refractivity contribution in [2.24, 2.45) is 0 Å². The number of benzene rings is 1. The molecule has 4 heterocycles. The molecule has 40 heavy (non-hydrogen) atoms. The van der Waals surface area contributed by atoms with Crippen molar-refractivity contribution in [2.45, 2.75) is 44.4 Å². The van der Waals surface area contributed by atoms with Gasteiger partial charge in [0.2, 0.25) is 10.0 Å². The van der Waals surface area contributed by atoms with Crippen molar-refractivity contribution in [3.8, 4) is 16.9 Å². The number of hydrogen-bond donors (Lipinski definition) is 0. The first-order valence-electron chi connectivity index (χ1n) is 12.4. The van der Waals surface area contributed by atoms with Gasteiger partial charge in [0.25, 0.3) is 0 Å². The molecular formula is C27H25F3N4O5S. The van der Waals surface area contributed by atoms with Crippen LogP contribution in [0.5, 0.6) is 5.75 Å². The Balaban J connectivity index is 1.53. The number of alkyl halides is 3. The molecule has 1 aliphatic heterocycles. The molecule has 0 aliphatic carbocycles. The number of aromatic nitrogens is 3. The van der Waals surface area contributed by atoms with Crippen molar-refractivity contribution in [1.82, 2.24) is 19.0 Å². The van der Waals surface area contributed by atoms with Gasteiger partial charge in [0, 0.05) is 30.4 Å². The van der Waals surface area contributed by atoms with E-state index in [4.69, 9.17) is 9.57 Å². The van der Waals surface area contributed by atoms with Crippen molar-refractivity contribution >= 4 is 27.0 Å². The summed E-state index contributed by atoms with van der Waals surface area (Å²) >= 11 is 0. The van der Waals surface area contributed by atoms with Crippen LogP contribution in [0.25, 0.3) is 22.2 Å². The van der Waals surface area contributed by atoms with Crippen molar-refractivity contribution in [3.63, 3.8) is 0 Å². The highest BCUT2D eigenvalue weighted by Gasteiger charge is 2.42. The topological polar surface area (TPSA) is 104 Å². The first kappa shape index (κ1) is 27.6. The Morgan fingerprint density at radius 3 is 2.38 bits per heavy atom. The van der Waals surface area contributed by atoms with Gasteiger partial charge in [0.15, 0.2) is 5.65 Å². The molecule has 210 valence electrons. The molecule has 0 atom stereocenters. The zero-order chi connectivity index (χ0) is 28.7. The summed E-state index contributed by atoms with van der Waals surface area (Å²) in [6, 6.07) is 12.8. The van der Waals surface area contributed by atoms with E-state index in [-0.39, 0.29) is 22.8 Å². The molecule has 1 aliphatic rings. The second-order valence-electron chi connectivity index (χ2n) is 9.36. The summed E-state index contributed by atoms with van der Waals surface area (Å²) in [5, 5.41) is 0.380. The minimum Gasteiger partial charge on any atom is -0.485 e. The van der Waals surface area contributed by atoms with Crippen molar-refractivity contribution in [1.29, 1.82) is 0 Å². The molecular weight excluding hydrogens is 549 g/mol. The Morgan fingerprint density at radius 1 is 1.02 bits per heavy atom. The number of pyridine rings is 2. The first-order chi connectivity index (χ1) is 18.9. The van der Waals surface area contributed by atoms with Gasteiger partial charge in [0.05, 0.1) is 16.3 Å². The Hall–Kier alpha value is -3.97. The fraction of sp³-hybridized carbons (Fsp3) is 0.296. The molecule has 0 bridgehead atoms. The zero-order valence-corrected chi connectivity index (χ0v) is 22.4. The van der Waals surface area contributed by atoms with Crippen LogP contribution in [0.2, 0.25) is 0 Å². The van der Waals surface area contributed by atoms with Crippen LogP contribution < -0.4 is 9.57 Å². The molecule has 13 heteroatoms. The Labute approximate surface area is 228 Å². The Morgan fingerprint density at radius 2 is 1.73 bits per heavy atom. The maximum atomic E-state index is 13.1. The van der Waals surface area contributed by atoms with E-state index in [0.717, 1.165) is 18.5 Å². The van der Waals surface area contributed by atoms with Gasteiger partial charge < -0.3 is 9.57 Å². The van der Waals surface area contributed by atoms with Crippen LogP contribution in [0.4, 0.5) is 13.2 Å². The smallest absolute Gasteiger partial charge is 0.485 e. The van der Waals surface area contributed by atoms with E-state index in [1.54, 1.807) is 37.3 Å². The van der Waals surface area contributed by atoms with E-state index in [1.165, 1.54) is 28.7 Å². The molecule has 5 rings (SSSR count). The van der Waals surface area contributed by atoms with Gasteiger partial charge in [-0.15, -0.1) is 0 Å². The summed E-state index contributed by atoms with van der Waals surface area (Å²) in [4.78, 5) is 25.1. The summed E-state index contributed by atoms with van der Waals surface area (Å²) in [6.07, 6.45) is -2.24. The highest BCUT2D eigenvalue weighted by Crippen LogP contribution is 2.32. The molecule has 0 spiro atoms. The summed E-state index contributed by atoms with van der Waals surface area (Å²) in [6.45, 7) is 4.24. The summed E-state index contributed by atoms with van der Waals surface area (Å²) < 4.78 is 73.1. The summed E-state index contributed by atoms with van der Waals surface area (Å²) in [7, 11) is -3.62. The molecule has 1 fully saturated rings. The van der Waals surface area contributed by atoms with Crippen molar-refractivity contribution < 1.29 is 36.0 Å². The quantitative estimate of drug-likeness (QED) is 0.318. The van der Waals surface area contributed by atoms with E-state index < -0.39 is 22.2 Å². The SMILES string of the molecule is Cc1ccc(OCc2cc3c(-c4ccc(S(=O)(=O)N5CCCC5)cc4)ccnc3n2OC(=O)C(F)(F)F)c(C)n1. The normalized spacial score (nSPS) is 14.5. The highest BCUT2D eigenvalue weighted by molar-refractivity contribution is 7.89. The molecule has 9 nitrogen and oxygen atoms in total. The average Bonchev–Trinajstić information content (AvgIpc) is 3.57. The lowest BCUT2D eigenvalue weighted by Crippen LogP contribution is -2.34. The lowest BCUT2D eigenvalue weighted by molar-refractivity contribution is -0.199. The molecule has 1 aromatic carbocycles.